The summed E-state index contributed by atoms with van der Waals surface area (Å²) in [4.78, 5) is 16.3. The predicted molar refractivity (Wildman–Crippen MR) is 84.5 cm³/mol. The molecule has 1 N–H and O–H groups in total. The fourth-order valence-corrected chi connectivity index (χ4v) is 2.51. The summed E-state index contributed by atoms with van der Waals surface area (Å²) < 4.78 is 40.7. The van der Waals surface area contributed by atoms with Crippen molar-refractivity contribution in [3.63, 3.8) is 0 Å². The van der Waals surface area contributed by atoms with Crippen LogP contribution >= 0.6 is 0 Å². The lowest BCUT2D eigenvalue weighted by molar-refractivity contribution is -0.137. The van der Waals surface area contributed by atoms with Gasteiger partial charge in [-0.05, 0) is 29.8 Å². The van der Waals surface area contributed by atoms with Crippen LogP contribution in [0.1, 0.15) is 11.1 Å². The number of fused-ring (bicyclic) bond motifs is 1. The van der Waals surface area contributed by atoms with Crippen LogP contribution in [0.5, 0.6) is 0 Å². The first-order valence-corrected chi connectivity index (χ1v) is 7.20. The van der Waals surface area contributed by atoms with Gasteiger partial charge in [0.2, 0.25) is 5.91 Å². The van der Waals surface area contributed by atoms with Crippen molar-refractivity contribution in [3.8, 4) is 0 Å². The number of amides is 1. The minimum absolute atomic E-state index is 0.0291. The fraction of sp³-hybridized carbons (Fsp3) is 0.176. The molecule has 0 aliphatic carbocycles. The molecule has 0 aliphatic rings. The lowest BCUT2D eigenvalue weighted by atomic mass is 10.1. The number of alkyl halides is 3. The molecule has 2 aromatic carbocycles. The Morgan fingerprint density at radius 1 is 1.21 bits per heavy atom. The number of imidazole rings is 1. The third-order valence-electron chi connectivity index (χ3n) is 3.66. The molecule has 0 fully saturated rings. The van der Waals surface area contributed by atoms with Crippen molar-refractivity contribution < 1.29 is 18.0 Å². The second-order valence-corrected chi connectivity index (χ2v) is 5.45. The quantitative estimate of drug-likeness (QED) is 0.793. The predicted octanol–water partition coefficient (Wildman–Crippen LogP) is 3.77. The first-order valence-electron chi connectivity index (χ1n) is 7.20. The SMILES string of the molecule is Cn1cnc2cc(CC(=O)Nc3ccccc3C(F)(F)F)ccc21. The zero-order chi connectivity index (χ0) is 17.3. The van der Waals surface area contributed by atoms with Crippen molar-refractivity contribution in [2.45, 2.75) is 12.6 Å². The van der Waals surface area contributed by atoms with E-state index in [9.17, 15) is 18.0 Å². The number of carbonyl (C=O) groups is 1. The summed E-state index contributed by atoms with van der Waals surface area (Å²) in [7, 11) is 1.86. The highest BCUT2D eigenvalue weighted by molar-refractivity contribution is 5.93. The van der Waals surface area contributed by atoms with Crippen LogP contribution in [0.4, 0.5) is 18.9 Å². The highest BCUT2D eigenvalue weighted by Gasteiger charge is 2.33. The van der Waals surface area contributed by atoms with Crippen LogP contribution in [0.25, 0.3) is 11.0 Å². The van der Waals surface area contributed by atoms with E-state index in [2.05, 4.69) is 10.3 Å². The zero-order valence-corrected chi connectivity index (χ0v) is 12.8. The molecule has 1 aromatic heterocycles. The Morgan fingerprint density at radius 2 is 1.96 bits per heavy atom. The number of aryl methyl sites for hydroxylation is 1. The molecule has 0 spiro atoms. The van der Waals surface area contributed by atoms with Crippen LogP contribution in [0, 0.1) is 0 Å². The molecule has 3 rings (SSSR count). The van der Waals surface area contributed by atoms with Crippen LogP contribution < -0.4 is 5.32 Å². The maximum absolute atomic E-state index is 12.9. The van der Waals surface area contributed by atoms with Gasteiger partial charge in [0.15, 0.2) is 0 Å². The Hall–Kier alpha value is -2.83. The van der Waals surface area contributed by atoms with Crippen LogP contribution in [0.15, 0.2) is 48.8 Å². The first-order chi connectivity index (χ1) is 11.3. The smallest absolute Gasteiger partial charge is 0.334 e. The van der Waals surface area contributed by atoms with Gasteiger partial charge in [0, 0.05) is 7.05 Å². The van der Waals surface area contributed by atoms with Gasteiger partial charge < -0.3 is 9.88 Å². The largest absolute Gasteiger partial charge is 0.418 e. The first kappa shape index (κ1) is 16.0. The van der Waals surface area contributed by atoms with Crippen molar-refractivity contribution in [1.82, 2.24) is 9.55 Å². The summed E-state index contributed by atoms with van der Waals surface area (Å²) in [5.41, 5.74) is 1.23. The Morgan fingerprint density at radius 3 is 2.71 bits per heavy atom. The Kier molecular flexibility index (Phi) is 4.01. The van der Waals surface area contributed by atoms with E-state index < -0.39 is 17.6 Å². The molecule has 0 atom stereocenters. The second-order valence-electron chi connectivity index (χ2n) is 5.45. The van der Waals surface area contributed by atoms with Crippen LogP contribution in [0.2, 0.25) is 0 Å². The van der Waals surface area contributed by atoms with E-state index in [1.54, 1.807) is 18.5 Å². The van der Waals surface area contributed by atoms with E-state index in [-0.39, 0.29) is 12.1 Å². The minimum Gasteiger partial charge on any atom is -0.334 e. The summed E-state index contributed by atoms with van der Waals surface area (Å²) in [5, 5.41) is 2.33. The normalized spacial score (nSPS) is 11.7. The van der Waals surface area contributed by atoms with Gasteiger partial charge in [-0.25, -0.2) is 4.98 Å². The average Bonchev–Trinajstić information content (AvgIpc) is 2.87. The summed E-state index contributed by atoms with van der Waals surface area (Å²) >= 11 is 0. The molecule has 0 bridgehead atoms. The van der Waals surface area contributed by atoms with E-state index in [1.807, 2.05) is 17.7 Å². The van der Waals surface area contributed by atoms with Crippen molar-refractivity contribution in [2.24, 2.45) is 7.05 Å². The molecular formula is C17H14F3N3O. The molecule has 3 aromatic rings. The molecule has 24 heavy (non-hydrogen) atoms. The molecule has 0 radical (unpaired) electrons. The third kappa shape index (κ3) is 3.24. The molecule has 0 unspecified atom stereocenters. The van der Waals surface area contributed by atoms with Gasteiger partial charge in [0.05, 0.1) is 35.0 Å². The minimum atomic E-state index is -4.52. The highest BCUT2D eigenvalue weighted by atomic mass is 19.4. The van der Waals surface area contributed by atoms with E-state index >= 15 is 0 Å². The third-order valence-corrected chi connectivity index (χ3v) is 3.66. The number of nitrogens with one attached hydrogen (secondary N) is 1. The number of carbonyl (C=O) groups excluding carboxylic acids is 1. The summed E-state index contributed by atoms with van der Waals surface area (Å²) in [6.07, 6.45) is -2.89. The summed E-state index contributed by atoms with van der Waals surface area (Å²) in [6, 6.07) is 10.3. The van der Waals surface area contributed by atoms with Crippen molar-refractivity contribution >= 4 is 22.6 Å². The Labute approximate surface area is 135 Å². The second kappa shape index (κ2) is 5.99. The van der Waals surface area contributed by atoms with Crippen LogP contribution in [-0.4, -0.2) is 15.5 Å². The highest BCUT2D eigenvalue weighted by Crippen LogP contribution is 2.34. The van der Waals surface area contributed by atoms with Gasteiger partial charge in [-0.2, -0.15) is 13.2 Å². The average molecular weight is 333 g/mol. The molecule has 124 valence electrons. The van der Waals surface area contributed by atoms with E-state index in [1.165, 1.54) is 18.2 Å². The number of para-hydroxylation sites is 1. The topological polar surface area (TPSA) is 46.9 Å². The van der Waals surface area contributed by atoms with Crippen molar-refractivity contribution in [1.29, 1.82) is 0 Å². The number of hydrogen-bond acceptors (Lipinski definition) is 2. The van der Waals surface area contributed by atoms with Gasteiger partial charge in [-0.3, -0.25) is 4.79 Å². The number of rotatable bonds is 3. The van der Waals surface area contributed by atoms with Gasteiger partial charge in [0.25, 0.3) is 0 Å². The number of anilines is 1. The van der Waals surface area contributed by atoms with E-state index in [0.717, 1.165) is 17.1 Å². The fourth-order valence-electron chi connectivity index (χ4n) is 2.51. The van der Waals surface area contributed by atoms with Crippen molar-refractivity contribution in [3.05, 3.63) is 59.9 Å². The Bertz CT molecular complexity index is 899. The number of nitrogens with zero attached hydrogens (tertiary/aromatic N) is 2. The lowest BCUT2D eigenvalue weighted by Crippen LogP contribution is -2.18. The maximum Gasteiger partial charge on any atom is 0.418 e. The van der Waals surface area contributed by atoms with Gasteiger partial charge in [-0.1, -0.05) is 18.2 Å². The molecule has 0 aliphatic heterocycles. The number of hydrogen-bond donors (Lipinski definition) is 1. The number of benzene rings is 2. The van der Waals surface area contributed by atoms with E-state index in [4.69, 9.17) is 0 Å². The molecule has 4 nitrogen and oxygen atoms in total. The molecular weight excluding hydrogens is 319 g/mol. The monoisotopic (exact) mass is 333 g/mol. The van der Waals surface area contributed by atoms with Crippen molar-refractivity contribution in [2.75, 3.05) is 5.32 Å². The van der Waals surface area contributed by atoms with Gasteiger partial charge in [0.1, 0.15) is 0 Å². The number of aromatic nitrogens is 2. The van der Waals surface area contributed by atoms with Crippen LogP contribution in [-0.2, 0) is 24.4 Å². The van der Waals surface area contributed by atoms with Gasteiger partial charge in [-0.15, -0.1) is 0 Å². The lowest BCUT2D eigenvalue weighted by Gasteiger charge is -2.13. The maximum atomic E-state index is 12.9. The standard InChI is InChI=1S/C17H14F3N3O/c1-23-10-21-14-8-11(6-7-15(14)23)9-16(24)22-13-5-3-2-4-12(13)17(18,19)20/h2-8,10H,9H2,1H3,(H,22,24). The van der Waals surface area contributed by atoms with E-state index in [0.29, 0.717) is 5.56 Å². The molecule has 0 saturated heterocycles. The molecule has 0 saturated carbocycles. The summed E-state index contributed by atoms with van der Waals surface area (Å²) in [6.45, 7) is 0. The number of halogens is 3. The zero-order valence-electron chi connectivity index (χ0n) is 12.8. The molecule has 1 amide bonds. The van der Waals surface area contributed by atoms with Gasteiger partial charge >= 0.3 is 6.18 Å². The Balaban J connectivity index is 1.78. The summed E-state index contributed by atoms with van der Waals surface area (Å²) in [5.74, 6) is -0.512. The molecule has 1 heterocycles. The molecule has 7 heteroatoms. The van der Waals surface area contributed by atoms with Crippen LogP contribution in [0.3, 0.4) is 0 Å².